The number of aromatic nitrogens is 1. The third-order valence-corrected chi connectivity index (χ3v) is 1.47. The van der Waals surface area contributed by atoms with Crippen molar-refractivity contribution in [2.75, 3.05) is 7.11 Å². The molecule has 0 saturated carbocycles. The van der Waals surface area contributed by atoms with Gasteiger partial charge in [0.25, 0.3) is 0 Å². The molecule has 1 aromatic heterocycles. The molecule has 0 saturated heterocycles. The standard InChI is InChI=1S/C8H11N3O2/c1-13-7-2-3-10-6(4-7)5-11-8(9)12/h2-4H,5H2,1H3,(H3,9,11,12). The highest BCUT2D eigenvalue weighted by molar-refractivity contribution is 5.71. The number of rotatable bonds is 3. The third-order valence-electron chi connectivity index (χ3n) is 1.47. The number of nitrogens with zero attached hydrogens (tertiary/aromatic N) is 1. The highest BCUT2D eigenvalue weighted by Gasteiger charge is 1.97. The summed E-state index contributed by atoms with van der Waals surface area (Å²) in [5, 5.41) is 2.43. The Bertz CT molecular complexity index is 301. The summed E-state index contributed by atoms with van der Waals surface area (Å²) in [6, 6.07) is 2.90. The van der Waals surface area contributed by atoms with E-state index >= 15 is 0 Å². The molecule has 1 rings (SSSR count). The van der Waals surface area contributed by atoms with E-state index in [4.69, 9.17) is 10.5 Å². The topological polar surface area (TPSA) is 77.2 Å². The number of ether oxygens (including phenoxy) is 1. The first-order chi connectivity index (χ1) is 6.22. The summed E-state index contributed by atoms with van der Waals surface area (Å²) >= 11 is 0. The van der Waals surface area contributed by atoms with Crippen LogP contribution in [0.1, 0.15) is 5.69 Å². The molecule has 1 aromatic rings. The number of hydrogen-bond donors (Lipinski definition) is 2. The lowest BCUT2D eigenvalue weighted by Crippen LogP contribution is -2.28. The van der Waals surface area contributed by atoms with Gasteiger partial charge in [0.2, 0.25) is 0 Å². The Kier molecular flexibility index (Phi) is 3.08. The highest BCUT2D eigenvalue weighted by atomic mass is 16.5. The number of pyridine rings is 1. The first-order valence-electron chi connectivity index (χ1n) is 3.74. The molecule has 0 unspecified atom stereocenters. The second-order valence-corrected chi connectivity index (χ2v) is 2.40. The van der Waals surface area contributed by atoms with Crippen molar-refractivity contribution in [2.24, 2.45) is 5.73 Å². The second-order valence-electron chi connectivity index (χ2n) is 2.40. The zero-order chi connectivity index (χ0) is 9.68. The monoisotopic (exact) mass is 181 g/mol. The molecular weight excluding hydrogens is 170 g/mol. The van der Waals surface area contributed by atoms with E-state index in [-0.39, 0.29) is 0 Å². The summed E-state index contributed by atoms with van der Waals surface area (Å²) in [6.07, 6.45) is 1.61. The largest absolute Gasteiger partial charge is 0.497 e. The molecule has 0 atom stereocenters. The number of urea groups is 1. The van der Waals surface area contributed by atoms with Crippen LogP contribution in [-0.4, -0.2) is 18.1 Å². The molecule has 0 aliphatic heterocycles. The number of hydrogen-bond acceptors (Lipinski definition) is 3. The van der Waals surface area contributed by atoms with Gasteiger partial charge in [-0.05, 0) is 6.07 Å². The number of primary amides is 1. The molecule has 5 heteroatoms. The van der Waals surface area contributed by atoms with Crippen molar-refractivity contribution in [3.63, 3.8) is 0 Å². The van der Waals surface area contributed by atoms with Gasteiger partial charge in [0.05, 0.1) is 19.3 Å². The summed E-state index contributed by atoms with van der Waals surface area (Å²) < 4.78 is 4.98. The normalized spacial score (nSPS) is 9.31. The minimum atomic E-state index is -0.565. The molecule has 0 aromatic carbocycles. The van der Waals surface area contributed by atoms with Gasteiger partial charge < -0.3 is 15.8 Å². The molecule has 13 heavy (non-hydrogen) atoms. The lowest BCUT2D eigenvalue weighted by Gasteiger charge is -2.03. The van der Waals surface area contributed by atoms with E-state index in [1.54, 1.807) is 25.4 Å². The van der Waals surface area contributed by atoms with Crippen LogP contribution in [0.4, 0.5) is 4.79 Å². The van der Waals surface area contributed by atoms with Gasteiger partial charge in [-0.1, -0.05) is 0 Å². The third kappa shape index (κ3) is 2.98. The van der Waals surface area contributed by atoms with Gasteiger partial charge in [0.1, 0.15) is 5.75 Å². The van der Waals surface area contributed by atoms with Gasteiger partial charge in [0, 0.05) is 12.3 Å². The van der Waals surface area contributed by atoms with E-state index in [1.807, 2.05) is 0 Å². The Morgan fingerprint density at radius 2 is 2.54 bits per heavy atom. The number of methoxy groups -OCH3 is 1. The van der Waals surface area contributed by atoms with Crippen molar-refractivity contribution in [2.45, 2.75) is 6.54 Å². The Morgan fingerprint density at radius 3 is 3.15 bits per heavy atom. The van der Waals surface area contributed by atoms with Gasteiger partial charge in [-0.3, -0.25) is 4.98 Å². The van der Waals surface area contributed by atoms with Crippen LogP contribution >= 0.6 is 0 Å². The van der Waals surface area contributed by atoms with Gasteiger partial charge in [-0.2, -0.15) is 0 Å². The molecule has 70 valence electrons. The second kappa shape index (κ2) is 4.30. The Morgan fingerprint density at radius 1 is 1.77 bits per heavy atom. The summed E-state index contributed by atoms with van der Waals surface area (Å²) in [5.41, 5.74) is 5.61. The lowest BCUT2D eigenvalue weighted by atomic mass is 10.3. The van der Waals surface area contributed by atoms with Crippen LogP contribution in [0.25, 0.3) is 0 Å². The summed E-state index contributed by atoms with van der Waals surface area (Å²) in [7, 11) is 1.57. The van der Waals surface area contributed by atoms with Crippen molar-refractivity contribution in [3.8, 4) is 5.75 Å². The molecule has 5 nitrogen and oxygen atoms in total. The van der Waals surface area contributed by atoms with Gasteiger partial charge in [-0.25, -0.2) is 4.79 Å². The van der Waals surface area contributed by atoms with Crippen molar-refractivity contribution in [1.29, 1.82) is 0 Å². The number of nitrogens with two attached hydrogens (primary N) is 1. The highest BCUT2D eigenvalue weighted by Crippen LogP contribution is 2.09. The minimum absolute atomic E-state index is 0.312. The fourth-order valence-electron chi connectivity index (χ4n) is 0.857. The molecule has 0 fully saturated rings. The molecule has 0 bridgehead atoms. The average Bonchev–Trinajstić information content (AvgIpc) is 2.15. The molecule has 2 amide bonds. The molecule has 0 spiro atoms. The maximum absolute atomic E-state index is 10.4. The molecule has 1 heterocycles. The van der Waals surface area contributed by atoms with Crippen LogP contribution in [0, 0.1) is 0 Å². The van der Waals surface area contributed by atoms with Crippen LogP contribution in [0.2, 0.25) is 0 Å². The van der Waals surface area contributed by atoms with E-state index < -0.39 is 6.03 Å². The SMILES string of the molecule is COc1ccnc(CNC(N)=O)c1. The van der Waals surface area contributed by atoms with Crippen molar-refractivity contribution in [1.82, 2.24) is 10.3 Å². The smallest absolute Gasteiger partial charge is 0.312 e. The van der Waals surface area contributed by atoms with Crippen LogP contribution in [-0.2, 0) is 6.54 Å². The lowest BCUT2D eigenvalue weighted by molar-refractivity contribution is 0.248. The summed E-state index contributed by atoms with van der Waals surface area (Å²) in [5.74, 6) is 0.705. The van der Waals surface area contributed by atoms with Crippen LogP contribution in [0.15, 0.2) is 18.3 Å². The van der Waals surface area contributed by atoms with Crippen molar-refractivity contribution in [3.05, 3.63) is 24.0 Å². The maximum atomic E-state index is 10.4. The number of nitrogens with one attached hydrogen (secondary N) is 1. The van der Waals surface area contributed by atoms with Crippen LogP contribution in [0.3, 0.4) is 0 Å². The minimum Gasteiger partial charge on any atom is -0.497 e. The summed E-state index contributed by atoms with van der Waals surface area (Å²) in [4.78, 5) is 14.4. The maximum Gasteiger partial charge on any atom is 0.312 e. The Balaban J connectivity index is 2.61. The zero-order valence-corrected chi connectivity index (χ0v) is 7.28. The Hall–Kier alpha value is -1.78. The molecule has 0 aliphatic carbocycles. The van der Waals surface area contributed by atoms with Gasteiger partial charge in [-0.15, -0.1) is 0 Å². The fraction of sp³-hybridized carbons (Fsp3) is 0.250. The number of amides is 2. The van der Waals surface area contributed by atoms with E-state index in [1.165, 1.54) is 0 Å². The van der Waals surface area contributed by atoms with Crippen LogP contribution in [0.5, 0.6) is 5.75 Å². The molecule has 3 N–H and O–H groups in total. The van der Waals surface area contributed by atoms with E-state index in [9.17, 15) is 4.79 Å². The van der Waals surface area contributed by atoms with Crippen molar-refractivity contribution < 1.29 is 9.53 Å². The number of carbonyl (C=O) groups is 1. The predicted octanol–water partition coefficient (Wildman–Crippen LogP) is 0.258. The van der Waals surface area contributed by atoms with E-state index in [2.05, 4.69) is 10.3 Å². The van der Waals surface area contributed by atoms with Gasteiger partial charge >= 0.3 is 6.03 Å². The number of carbonyl (C=O) groups excluding carboxylic acids is 1. The van der Waals surface area contributed by atoms with E-state index in [0.29, 0.717) is 18.0 Å². The fourth-order valence-corrected chi connectivity index (χ4v) is 0.857. The average molecular weight is 181 g/mol. The Labute approximate surface area is 75.9 Å². The van der Waals surface area contributed by atoms with Crippen molar-refractivity contribution >= 4 is 6.03 Å². The molecule has 0 aliphatic rings. The molecular formula is C8H11N3O2. The molecule has 0 radical (unpaired) electrons. The summed E-state index contributed by atoms with van der Waals surface area (Å²) in [6.45, 7) is 0.312. The first kappa shape index (κ1) is 9.31. The van der Waals surface area contributed by atoms with Crippen LogP contribution < -0.4 is 15.8 Å². The quantitative estimate of drug-likeness (QED) is 0.702. The zero-order valence-electron chi connectivity index (χ0n) is 7.28. The van der Waals surface area contributed by atoms with Gasteiger partial charge in [0.15, 0.2) is 0 Å². The van der Waals surface area contributed by atoms with E-state index in [0.717, 1.165) is 0 Å². The first-order valence-corrected chi connectivity index (χ1v) is 3.74. The predicted molar refractivity (Wildman–Crippen MR) is 47.2 cm³/mol.